The zero-order chi connectivity index (χ0) is 8.15. The van der Waals surface area contributed by atoms with Crippen LogP contribution >= 0.6 is 0 Å². The average Bonchev–Trinajstić information content (AvgIpc) is 1.87. The molecule has 0 rings (SSSR count). The van der Waals surface area contributed by atoms with E-state index in [4.69, 9.17) is 0 Å². The van der Waals surface area contributed by atoms with E-state index in [2.05, 4.69) is 0 Å². The molecule has 0 spiro atoms. The van der Waals surface area contributed by atoms with Gasteiger partial charge in [-0.25, -0.2) is 8.42 Å². The van der Waals surface area contributed by atoms with Crippen molar-refractivity contribution >= 4 is 10.7 Å². The van der Waals surface area contributed by atoms with Crippen LogP contribution in [0.4, 0.5) is 4.48 Å². The van der Waals surface area contributed by atoms with E-state index in [0.29, 0.717) is 11.5 Å². The van der Waals surface area contributed by atoms with E-state index in [-0.39, 0.29) is 6.54 Å². The molecule has 0 radical (unpaired) electrons. The molecule has 0 N–H and O–H groups in total. The van der Waals surface area contributed by atoms with Crippen LogP contribution in [0.3, 0.4) is 0 Å². The Kier molecular flexibility index (Phi) is 4.55. The van der Waals surface area contributed by atoms with Crippen molar-refractivity contribution in [3.63, 3.8) is 0 Å². The minimum atomic E-state index is -2.66. The van der Waals surface area contributed by atoms with Crippen LogP contribution in [-0.4, -0.2) is 25.5 Å². The van der Waals surface area contributed by atoms with Gasteiger partial charge >= 0.3 is 0 Å². The van der Waals surface area contributed by atoms with Crippen LogP contribution in [0.5, 0.6) is 0 Å². The minimum Gasteiger partial charge on any atom is -0.230 e. The molecule has 0 aromatic rings. The van der Waals surface area contributed by atoms with Crippen molar-refractivity contribution in [2.75, 3.05) is 6.54 Å². The van der Waals surface area contributed by atoms with Crippen LogP contribution in [0.1, 0.15) is 20.3 Å². The zero-order valence-corrected chi connectivity index (χ0v) is 6.97. The second-order valence-electron chi connectivity index (χ2n) is 2.04. The molecule has 0 saturated carbocycles. The molecule has 1 unspecified atom stereocenters. The second-order valence-corrected chi connectivity index (χ2v) is 3.36. The molecule has 0 aromatic heterocycles. The minimum absolute atomic E-state index is 0.171. The van der Waals surface area contributed by atoms with Gasteiger partial charge in [-0.2, -0.15) is 0 Å². The summed E-state index contributed by atoms with van der Waals surface area (Å²) in [6.07, 6.45) is 0.615. The lowest BCUT2D eigenvalue weighted by molar-refractivity contribution is 0.0163. The fraction of sp³-hybridized carbons (Fsp3) is 1.00. The molecule has 10 heavy (non-hydrogen) atoms. The third-order valence-electron chi connectivity index (χ3n) is 1.15. The van der Waals surface area contributed by atoms with Crippen molar-refractivity contribution in [3.8, 4) is 0 Å². The molecule has 0 saturated heterocycles. The smallest absolute Gasteiger partial charge is 0.158 e. The largest absolute Gasteiger partial charge is 0.230 e. The molecular formula is C5H12FNO2S. The molecule has 62 valence electrons. The van der Waals surface area contributed by atoms with Gasteiger partial charge in [-0.05, 0) is 13.3 Å². The summed E-state index contributed by atoms with van der Waals surface area (Å²) in [4.78, 5) is 0. The van der Waals surface area contributed by atoms with Crippen molar-refractivity contribution in [1.82, 2.24) is 5.12 Å². The summed E-state index contributed by atoms with van der Waals surface area (Å²) >= 11 is 0. The van der Waals surface area contributed by atoms with Crippen molar-refractivity contribution in [2.45, 2.75) is 25.6 Å². The van der Waals surface area contributed by atoms with Gasteiger partial charge in [0.05, 0.1) is 0 Å². The van der Waals surface area contributed by atoms with Crippen LogP contribution in [0.15, 0.2) is 0 Å². The Morgan fingerprint density at radius 2 is 2.10 bits per heavy atom. The van der Waals surface area contributed by atoms with Gasteiger partial charge < -0.3 is 0 Å². The number of hydrogen-bond acceptors (Lipinski definition) is 3. The molecule has 0 aliphatic heterocycles. The molecule has 5 heteroatoms. The summed E-state index contributed by atoms with van der Waals surface area (Å²) in [5.41, 5.74) is 0. The summed E-state index contributed by atoms with van der Waals surface area (Å²) in [6.45, 7) is 3.28. The van der Waals surface area contributed by atoms with Crippen LogP contribution in [0.2, 0.25) is 0 Å². The van der Waals surface area contributed by atoms with Gasteiger partial charge in [0.2, 0.25) is 0 Å². The van der Waals surface area contributed by atoms with Gasteiger partial charge in [-0.1, -0.05) is 6.92 Å². The van der Waals surface area contributed by atoms with Gasteiger partial charge in [-0.3, -0.25) is 0 Å². The van der Waals surface area contributed by atoms with E-state index in [9.17, 15) is 12.9 Å². The maximum atomic E-state index is 12.5. The Bertz CT molecular complexity index is 152. The van der Waals surface area contributed by atoms with Crippen molar-refractivity contribution in [2.24, 2.45) is 0 Å². The van der Waals surface area contributed by atoms with Gasteiger partial charge in [0.25, 0.3) is 0 Å². The molecule has 1 atom stereocenters. The van der Waals surface area contributed by atoms with Gasteiger partial charge in [0, 0.05) is 6.54 Å². The highest BCUT2D eigenvalue weighted by atomic mass is 32.2. The predicted octanol–water partition coefficient (Wildman–Crippen LogP) is 0.540. The molecule has 0 fully saturated rings. The van der Waals surface area contributed by atoms with Crippen LogP contribution in [0.25, 0.3) is 0 Å². The Morgan fingerprint density at radius 1 is 1.60 bits per heavy atom. The molecule has 0 aliphatic rings. The molecule has 0 aliphatic carbocycles. The number of hydrogen-bond donors (Lipinski definition) is 1. The van der Waals surface area contributed by atoms with E-state index in [1.807, 2.05) is 0 Å². The van der Waals surface area contributed by atoms with E-state index in [1.54, 1.807) is 6.92 Å². The van der Waals surface area contributed by atoms with Crippen LogP contribution in [-0.2, 0) is 10.7 Å². The van der Waals surface area contributed by atoms with Gasteiger partial charge in [-0.15, -0.1) is 9.60 Å². The maximum Gasteiger partial charge on any atom is 0.158 e. The summed E-state index contributed by atoms with van der Waals surface area (Å²) in [7, 11) is -2.66. The van der Waals surface area contributed by atoms with E-state index < -0.39 is 16.1 Å². The lowest BCUT2D eigenvalue weighted by atomic mass is 10.5. The predicted molar refractivity (Wildman–Crippen MR) is 37.9 cm³/mol. The number of rotatable bonds is 4. The van der Waals surface area contributed by atoms with Gasteiger partial charge in [0.15, 0.2) is 10.7 Å². The molecule has 3 nitrogen and oxygen atoms in total. The van der Waals surface area contributed by atoms with Crippen LogP contribution < -0.4 is 0 Å². The first kappa shape index (κ1) is 9.84. The first-order chi connectivity index (χ1) is 4.59. The van der Waals surface area contributed by atoms with Crippen molar-refractivity contribution in [3.05, 3.63) is 0 Å². The third kappa shape index (κ3) is 3.12. The third-order valence-corrected chi connectivity index (χ3v) is 2.01. The molecule has 0 amide bonds. The zero-order valence-electron chi connectivity index (χ0n) is 6.08. The fourth-order valence-corrected chi connectivity index (χ4v) is 0.823. The SMILES string of the molecule is CCCN(F)C(C)[SH](=O)=O. The molecule has 0 aromatic carbocycles. The highest BCUT2D eigenvalue weighted by Gasteiger charge is 2.13. The quantitative estimate of drug-likeness (QED) is 0.493. The maximum absolute atomic E-state index is 12.5. The molecule has 0 heterocycles. The monoisotopic (exact) mass is 169 g/mol. The first-order valence-electron chi connectivity index (χ1n) is 3.15. The van der Waals surface area contributed by atoms with Crippen LogP contribution in [0, 0.1) is 0 Å². The number of nitrogens with zero attached hydrogens (tertiary/aromatic N) is 1. The highest BCUT2D eigenvalue weighted by Crippen LogP contribution is 2.00. The Hall–Kier alpha value is -0.160. The topological polar surface area (TPSA) is 37.4 Å². The summed E-state index contributed by atoms with van der Waals surface area (Å²) in [5, 5.41) is -0.666. The van der Waals surface area contributed by atoms with E-state index >= 15 is 0 Å². The summed E-state index contributed by atoms with van der Waals surface area (Å²) < 4.78 is 32.8. The normalized spacial score (nSPS) is 14.5. The average molecular weight is 169 g/mol. The van der Waals surface area contributed by atoms with Crippen molar-refractivity contribution in [1.29, 1.82) is 0 Å². The number of halogens is 1. The first-order valence-corrected chi connectivity index (χ1v) is 4.40. The van der Waals surface area contributed by atoms with Crippen molar-refractivity contribution < 1.29 is 12.9 Å². The second kappa shape index (κ2) is 4.62. The van der Waals surface area contributed by atoms with Gasteiger partial charge in [0.1, 0.15) is 5.37 Å². The lowest BCUT2D eigenvalue weighted by Gasteiger charge is -2.12. The fourth-order valence-electron chi connectivity index (χ4n) is 0.503. The van der Waals surface area contributed by atoms with E-state index in [1.165, 1.54) is 6.92 Å². The molecular weight excluding hydrogens is 157 g/mol. The summed E-state index contributed by atoms with van der Waals surface area (Å²) in [5.74, 6) is 0. The Balaban J connectivity index is 3.81. The summed E-state index contributed by atoms with van der Waals surface area (Å²) in [6, 6.07) is 0. The lowest BCUT2D eigenvalue weighted by Crippen LogP contribution is -2.26. The van der Waals surface area contributed by atoms with E-state index in [0.717, 1.165) is 0 Å². The standard InChI is InChI=1S/C5H12FNO2S/c1-3-4-7(6)5(2)10(8)9/h5,10H,3-4H2,1-2H3. The Morgan fingerprint density at radius 3 is 2.40 bits per heavy atom. The highest BCUT2D eigenvalue weighted by molar-refractivity contribution is 7.73. The number of thiol groups is 1. The molecule has 0 bridgehead atoms. The Labute approximate surface area is 61.7 Å².